The zero-order valence-corrected chi connectivity index (χ0v) is 12.9. The third-order valence-corrected chi connectivity index (χ3v) is 3.14. The van der Waals surface area contributed by atoms with Crippen molar-refractivity contribution in [3.63, 3.8) is 0 Å². The van der Waals surface area contributed by atoms with Crippen molar-refractivity contribution in [1.29, 1.82) is 0 Å². The van der Waals surface area contributed by atoms with Crippen LogP contribution < -0.4 is 10.6 Å². The van der Waals surface area contributed by atoms with Crippen molar-refractivity contribution in [2.75, 3.05) is 13.1 Å². The first-order valence-electron chi connectivity index (χ1n) is 7.70. The van der Waals surface area contributed by atoms with Gasteiger partial charge in [-0.25, -0.2) is 0 Å². The minimum absolute atomic E-state index is 0.179. The van der Waals surface area contributed by atoms with Crippen molar-refractivity contribution in [2.24, 2.45) is 0 Å². The standard InChI is InChI=1S/C16H25N3O2/c1-3-5-7-9-19-16(21)14-10-13(11-17-12-14)15(20)18-8-6-4-2/h10-12H,3-9H2,1-2H3,(H,18,20)(H,19,21). The third kappa shape index (κ3) is 6.38. The number of unbranched alkanes of at least 4 members (excludes halogenated alkanes) is 3. The van der Waals surface area contributed by atoms with Crippen LogP contribution in [0.2, 0.25) is 0 Å². The van der Waals surface area contributed by atoms with Crippen LogP contribution in [0.5, 0.6) is 0 Å². The van der Waals surface area contributed by atoms with E-state index in [2.05, 4.69) is 29.5 Å². The molecule has 0 bridgehead atoms. The lowest BCUT2D eigenvalue weighted by Gasteiger charge is -2.07. The largest absolute Gasteiger partial charge is 0.352 e. The summed E-state index contributed by atoms with van der Waals surface area (Å²) in [6.45, 7) is 5.48. The Morgan fingerprint density at radius 1 is 0.905 bits per heavy atom. The molecule has 2 amide bonds. The number of nitrogens with zero attached hydrogens (tertiary/aromatic N) is 1. The Kier molecular flexibility index (Phi) is 8.09. The Balaban J connectivity index is 2.54. The molecule has 0 aliphatic carbocycles. The van der Waals surface area contributed by atoms with Gasteiger partial charge < -0.3 is 10.6 Å². The lowest BCUT2D eigenvalue weighted by atomic mass is 10.1. The fraction of sp³-hybridized carbons (Fsp3) is 0.562. The van der Waals surface area contributed by atoms with Gasteiger partial charge in [-0.3, -0.25) is 14.6 Å². The SMILES string of the molecule is CCCCCNC(=O)c1cncc(C(=O)NCCCC)c1. The Morgan fingerprint density at radius 3 is 1.95 bits per heavy atom. The second kappa shape index (κ2) is 9.91. The summed E-state index contributed by atoms with van der Waals surface area (Å²) in [5.74, 6) is -0.363. The molecule has 0 radical (unpaired) electrons. The van der Waals surface area contributed by atoms with Gasteiger partial charge in [0.15, 0.2) is 0 Å². The molecule has 0 spiro atoms. The van der Waals surface area contributed by atoms with Gasteiger partial charge in [-0.05, 0) is 18.9 Å². The summed E-state index contributed by atoms with van der Waals surface area (Å²) in [4.78, 5) is 27.8. The average molecular weight is 291 g/mol. The number of nitrogens with one attached hydrogen (secondary N) is 2. The molecule has 2 N–H and O–H groups in total. The van der Waals surface area contributed by atoms with Gasteiger partial charge in [0.1, 0.15) is 0 Å². The molecule has 0 atom stereocenters. The molecular formula is C16H25N3O2. The van der Waals surface area contributed by atoms with Crippen LogP contribution in [0.15, 0.2) is 18.5 Å². The van der Waals surface area contributed by atoms with Gasteiger partial charge in [0.05, 0.1) is 11.1 Å². The molecule has 1 aromatic rings. The van der Waals surface area contributed by atoms with Gasteiger partial charge in [0, 0.05) is 25.5 Å². The molecule has 116 valence electrons. The fourth-order valence-electron chi connectivity index (χ4n) is 1.85. The summed E-state index contributed by atoms with van der Waals surface area (Å²) in [5.41, 5.74) is 0.849. The van der Waals surface area contributed by atoms with Crippen LogP contribution in [0.4, 0.5) is 0 Å². The van der Waals surface area contributed by atoms with E-state index in [1.54, 1.807) is 6.07 Å². The predicted octanol–water partition coefficient (Wildman–Crippen LogP) is 2.53. The zero-order valence-electron chi connectivity index (χ0n) is 12.9. The maximum absolute atomic E-state index is 12.0. The number of rotatable bonds is 9. The Labute approximate surface area is 126 Å². The van der Waals surface area contributed by atoms with Crippen molar-refractivity contribution in [3.05, 3.63) is 29.6 Å². The van der Waals surface area contributed by atoms with Crippen molar-refractivity contribution in [1.82, 2.24) is 15.6 Å². The highest BCUT2D eigenvalue weighted by molar-refractivity contribution is 5.99. The Morgan fingerprint density at radius 2 is 1.43 bits per heavy atom. The summed E-state index contributed by atoms with van der Waals surface area (Å²) in [5, 5.41) is 5.66. The number of carbonyl (C=O) groups excluding carboxylic acids is 2. The molecule has 0 saturated heterocycles. The maximum Gasteiger partial charge on any atom is 0.252 e. The number of pyridine rings is 1. The monoisotopic (exact) mass is 291 g/mol. The van der Waals surface area contributed by atoms with E-state index < -0.39 is 0 Å². The Bertz CT molecular complexity index is 461. The quantitative estimate of drug-likeness (QED) is 0.687. The smallest absolute Gasteiger partial charge is 0.252 e. The van der Waals surface area contributed by atoms with Gasteiger partial charge in [0.25, 0.3) is 11.8 Å². The molecule has 0 aliphatic heterocycles. The van der Waals surface area contributed by atoms with E-state index in [0.717, 1.165) is 32.1 Å². The molecule has 1 aromatic heterocycles. The van der Waals surface area contributed by atoms with E-state index in [-0.39, 0.29) is 11.8 Å². The van der Waals surface area contributed by atoms with E-state index in [0.29, 0.717) is 24.2 Å². The van der Waals surface area contributed by atoms with Gasteiger partial charge in [0.2, 0.25) is 0 Å². The van der Waals surface area contributed by atoms with Crippen molar-refractivity contribution in [3.8, 4) is 0 Å². The number of amides is 2. The van der Waals surface area contributed by atoms with Gasteiger partial charge in [-0.15, -0.1) is 0 Å². The number of hydrogen-bond donors (Lipinski definition) is 2. The molecule has 0 unspecified atom stereocenters. The summed E-state index contributed by atoms with van der Waals surface area (Å²) >= 11 is 0. The third-order valence-electron chi connectivity index (χ3n) is 3.14. The fourth-order valence-corrected chi connectivity index (χ4v) is 1.85. The van der Waals surface area contributed by atoms with Crippen LogP contribution >= 0.6 is 0 Å². The van der Waals surface area contributed by atoms with Crippen LogP contribution in [-0.4, -0.2) is 29.9 Å². The van der Waals surface area contributed by atoms with Crippen LogP contribution in [0.1, 0.15) is 66.7 Å². The van der Waals surface area contributed by atoms with Crippen LogP contribution in [-0.2, 0) is 0 Å². The molecule has 0 saturated carbocycles. The molecule has 0 aliphatic rings. The lowest BCUT2D eigenvalue weighted by molar-refractivity contribution is 0.0952. The van der Waals surface area contributed by atoms with E-state index in [9.17, 15) is 9.59 Å². The molecule has 5 nitrogen and oxygen atoms in total. The normalized spacial score (nSPS) is 10.2. The Hall–Kier alpha value is -1.91. The highest BCUT2D eigenvalue weighted by Gasteiger charge is 2.10. The van der Waals surface area contributed by atoms with Gasteiger partial charge >= 0.3 is 0 Å². The number of aromatic nitrogens is 1. The highest BCUT2D eigenvalue weighted by Crippen LogP contribution is 2.03. The molecular weight excluding hydrogens is 266 g/mol. The first-order chi connectivity index (χ1) is 10.2. The highest BCUT2D eigenvalue weighted by atomic mass is 16.2. The van der Waals surface area contributed by atoms with Crippen molar-refractivity contribution in [2.45, 2.75) is 46.0 Å². The minimum atomic E-state index is -0.184. The minimum Gasteiger partial charge on any atom is -0.352 e. The molecule has 21 heavy (non-hydrogen) atoms. The number of hydrogen-bond acceptors (Lipinski definition) is 3. The van der Waals surface area contributed by atoms with E-state index in [1.807, 2.05) is 0 Å². The maximum atomic E-state index is 12.0. The van der Waals surface area contributed by atoms with Gasteiger partial charge in [-0.2, -0.15) is 0 Å². The first-order valence-corrected chi connectivity index (χ1v) is 7.70. The van der Waals surface area contributed by atoms with Gasteiger partial charge in [-0.1, -0.05) is 33.1 Å². The van der Waals surface area contributed by atoms with Crippen molar-refractivity contribution < 1.29 is 9.59 Å². The predicted molar refractivity (Wildman–Crippen MR) is 83.3 cm³/mol. The molecule has 1 heterocycles. The van der Waals surface area contributed by atoms with E-state index in [4.69, 9.17) is 0 Å². The molecule has 0 aromatic carbocycles. The second-order valence-corrected chi connectivity index (χ2v) is 5.03. The van der Waals surface area contributed by atoms with Crippen LogP contribution in [0.25, 0.3) is 0 Å². The molecule has 5 heteroatoms. The van der Waals surface area contributed by atoms with Crippen LogP contribution in [0, 0.1) is 0 Å². The topological polar surface area (TPSA) is 71.1 Å². The second-order valence-electron chi connectivity index (χ2n) is 5.03. The molecule has 0 fully saturated rings. The molecule has 1 rings (SSSR count). The summed E-state index contributed by atoms with van der Waals surface area (Å²) < 4.78 is 0. The summed E-state index contributed by atoms with van der Waals surface area (Å²) in [7, 11) is 0. The van der Waals surface area contributed by atoms with Crippen molar-refractivity contribution >= 4 is 11.8 Å². The lowest BCUT2D eigenvalue weighted by Crippen LogP contribution is -2.27. The first kappa shape index (κ1) is 17.1. The number of carbonyl (C=O) groups is 2. The summed E-state index contributed by atoms with van der Waals surface area (Å²) in [6, 6.07) is 1.59. The van der Waals surface area contributed by atoms with E-state index >= 15 is 0 Å². The average Bonchev–Trinajstić information content (AvgIpc) is 2.51. The zero-order chi connectivity index (χ0) is 15.5. The summed E-state index contributed by atoms with van der Waals surface area (Å²) in [6.07, 6.45) is 8.11. The van der Waals surface area contributed by atoms with E-state index in [1.165, 1.54) is 12.4 Å². The van der Waals surface area contributed by atoms with Crippen LogP contribution in [0.3, 0.4) is 0 Å².